The predicted molar refractivity (Wildman–Crippen MR) is 122 cm³/mol. The zero-order chi connectivity index (χ0) is 23.4. The van der Waals surface area contributed by atoms with Crippen LogP contribution in [0, 0.1) is 13.8 Å². The molecule has 3 aromatic rings. The summed E-state index contributed by atoms with van der Waals surface area (Å²) in [5.41, 5.74) is 2.95. The summed E-state index contributed by atoms with van der Waals surface area (Å²) in [6, 6.07) is 9.24. The summed E-state index contributed by atoms with van der Waals surface area (Å²) in [7, 11) is 1.59. The van der Waals surface area contributed by atoms with Crippen LogP contribution in [0.4, 0.5) is 0 Å². The molecule has 0 unspecified atom stereocenters. The number of nitrogens with one attached hydrogen (secondary N) is 1. The molecule has 1 saturated heterocycles. The van der Waals surface area contributed by atoms with Gasteiger partial charge in [-0.2, -0.15) is 0 Å². The number of benzene rings is 1. The summed E-state index contributed by atoms with van der Waals surface area (Å²) >= 11 is 0. The van der Waals surface area contributed by atoms with Crippen molar-refractivity contribution in [3.05, 3.63) is 64.9 Å². The number of nitrogens with zero attached hydrogens (tertiary/aromatic N) is 4. The Kier molecular flexibility index (Phi) is 6.90. The highest BCUT2D eigenvalue weighted by atomic mass is 16.5. The fourth-order valence-corrected chi connectivity index (χ4v) is 3.89. The summed E-state index contributed by atoms with van der Waals surface area (Å²) in [6.45, 7) is 5.57. The van der Waals surface area contributed by atoms with Crippen LogP contribution in [0.1, 0.15) is 44.0 Å². The Labute approximate surface area is 192 Å². The number of carbonyl (C=O) groups excluding carboxylic acids is 2. The molecule has 2 aromatic heterocycles. The lowest BCUT2D eigenvalue weighted by atomic mass is 10.0. The Balaban J connectivity index is 1.61. The molecule has 0 bridgehead atoms. The molecule has 1 aliphatic heterocycles. The maximum absolute atomic E-state index is 13.1. The molecule has 0 spiro atoms. The third-order valence-corrected chi connectivity index (χ3v) is 5.59. The number of pyridine rings is 1. The first-order valence-corrected chi connectivity index (χ1v) is 10.9. The van der Waals surface area contributed by atoms with Crippen LogP contribution >= 0.6 is 0 Å². The van der Waals surface area contributed by atoms with Gasteiger partial charge in [0.2, 0.25) is 0 Å². The Bertz CT molecular complexity index is 1180. The quantitative estimate of drug-likeness (QED) is 0.575. The van der Waals surface area contributed by atoms with Crippen molar-refractivity contribution in [1.29, 1.82) is 0 Å². The second kappa shape index (κ2) is 10.0. The average Bonchev–Trinajstić information content (AvgIpc) is 2.83. The fourth-order valence-electron chi connectivity index (χ4n) is 3.89. The second-order valence-electron chi connectivity index (χ2n) is 7.89. The van der Waals surface area contributed by atoms with E-state index in [0.29, 0.717) is 66.7 Å². The minimum Gasteiger partial charge on any atom is -0.383 e. The zero-order valence-corrected chi connectivity index (χ0v) is 19.0. The molecule has 3 heterocycles. The Morgan fingerprint density at radius 3 is 2.82 bits per heavy atom. The van der Waals surface area contributed by atoms with Crippen molar-refractivity contribution >= 4 is 22.7 Å². The van der Waals surface area contributed by atoms with Crippen LogP contribution in [-0.4, -0.2) is 71.6 Å². The Hall–Kier alpha value is -3.43. The number of para-hydroxylation sites is 1. The van der Waals surface area contributed by atoms with E-state index in [1.807, 2.05) is 24.3 Å². The monoisotopic (exact) mass is 449 g/mol. The SMILES string of the molecule is COCCNC(=O)c1cc([C@H]2CN(C(=O)c3cnc(C)nc3C)CCO2)nc2ccccc12. The molecule has 9 heteroatoms. The summed E-state index contributed by atoms with van der Waals surface area (Å²) in [5, 5.41) is 3.63. The van der Waals surface area contributed by atoms with Gasteiger partial charge in [0.05, 0.1) is 47.8 Å². The molecule has 1 N–H and O–H groups in total. The molecular formula is C24H27N5O4. The maximum atomic E-state index is 13.1. The van der Waals surface area contributed by atoms with Crippen molar-refractivity contribution in [3.63, 3.8) is 0 Å². The van der Waals surface area contributed by atoms with E-state index in [1.165, 1.54) is 0 Å². The minimum atomic E-state index is -0.454. The van der Waals surface area contributed by atoms with Gasteiger partial charge in [-0.25, -0.2) is 15.0 Å². The van der Waals surface area contributed by atoms with E-state index in [0.717, 1.165) is 5.39 Å². The smallest absolute Gasteiger partial charge is 0.257 e. The van der Waals surface area contributed by atoms with E-state index < -0.39 is 6.10 Å². The minimum absolute atomic E-state index is 0.140. The van der Waals surface area contributed by atoms with Crippen LogP contribution in [0.25, 0.3) is 10.9 Å². The van der Waals surface area contributed by atoms with Gasteiger partial charge >= 0.3 is 0 Å². The number of rotatable bonds is 6. The molecule has 4 rings (SSSR count). The highest BCUT2D eigenvalue weighted by Gasteiger charge is 2.29. The predicted octanol–water partition coefficient (Wildman–Crippen LogP) is 2.23. The molecule has 1 atom stereocenters. The summed E-state index contributed by atoms with van der Waals surface area (Å²) in [4.78, 5) is 41.0. The molecule has 1 aliphatic rings. The van der Waals surface area contributed by atoms with E-state index in [9.17, 15) is 9.59 Å². The number of aryl methyl sites for hydroxylation is 2. The van der Waals surface area contributed by atoms with E-state index in [2.05, 4.69) is 15.3 Å². The van der Waals surface area contributed by atoms with Crippen molar-refractivity contribution in [2.75, 3.05) is 40.0 Å². The number of fused-ring (bicyclic) bond motifs is 1. The number of hydrogen-bond acceptors (Lipinski definition) is 7. The fraction of sp³-hybridized carbons (Fsp3) is 0.375. The highest BCUT2D eigenvalue weighted by Crippen LogP contribution is 2.27. The van der Waals surface area contributed by atoms with Gasteiger partial charge in [0.15, 0.2) is 0 Å². The largest absolute Gasteiger partial charge is 0.383 e. The lowest BCUT2D eigenvalue weighted by molar-refractivity contribution is -0.0246. The average molecular weight is 450 g/mol. The summed E-state index contributed by atoms with van der Waals surface area (Å²) in [5.74, 6) is 0.280. The number of carbonyl (C=O) groups is 2. The van der Waals surface area contributed by atoms with Crippen molar-refractivity contribution in [2.45, 2.75) is 20.0 Å². The number of hydrogen-bond donors (Lipinski definition) is 1. The van der Waals surface area contributed by atoms with Gasteiger partial charge in [-0.05, 0) is 26.0 Å². The van der Waals surface area contributed by atoms with E-state index in [4.69, 9.17) is 14.5 Å². The van der Waals surface area contributed by atoms with Crippen molar-refractivity contribution < 1.29 is 19.1 Å². The van der Waals surface area contributed by atoms with Gasteiger partial charge in [0.25, 0.3) is 11.8 Å². The molecule has 1 fully saturated rings. The van der Waals surface area contributed by atoms with Gasteiger partial charge < -0.3 is 19.7 Å². The molecular weight excluding hydrogens is 422 g/mol. The van der Waals surface area contributed by atoms with Crippen molar-refractivity contribution in [3.8, 4) is 0 Å². The Morgan fingerprint density at radius 1 is 1.21 bits per heavy atom. The van der Waals surface area contributed by atoms with Gasteiger partial charge in [-0.15, -0.1) is 0 Å². The van der Waals surface area contributed by atoms with Crippen LogP contribution < -0.4 is 5.32 Å². The normalized spacial score (nSPS) is 16.1. The lowest BCUT2D eigenvalue weighted by Gasteiger charge is -2.33. The van der Waals surface area contributed by atoms with E-state index >= 15 is 0 Å². The van der Waals surface area contributed by atoms with Crippen molar-refractivity contribution in [2.24, 2.45) is 0 Å². The third kappa shape index (κ3) is 4.99. The van der Waals surface area contributed by atoms with Crippen LogP contribution in [0.2, 0.25) is 0 Å². The molecule has 0 radical (unpaired) electrons. The first-order chi connectivity index (χ1) is 16.0. The molecule has 9 nitrogen and oxygen atoms in total. The number of morpholine rings is 1. The maximum Gasteiger partial charge on any atom is 0.257 e. The standard InChI is InChI=1S/C24H27N5O4/c1-15-19(13-26-16(2)27-15)24(31)29-9-11-33-22(14-29)21-12-18(23(30)25-8-10-32-3)17-6-4-5-7-20(17)28-21/h4-7,12-13,22H,8-11,14H2,1-3H3,(H,25,30)/t22-/m1/s1. The van der Waals surface area contributed by atoms with Gasteiger partial charge in [0.1, 0.15) is 11.9 Å². The topological polar surface area (TPSA) is 107 Å². The summed E-state index contributed by atoms with van der Waals surface area (Å²) in [6.07, 6.45) is 1.12. The highest BCUT2D eigenvalue weighted by molar-refractivity contribution is 6.06. The number of ether oxygens (including phenoxy) is 2. The van der Waals surface area contributed by atoms with Crippen LogP contribution in [0.3, 0.4) is 0 Å². The van der Waals surface area contributed by atoms with Gasteiger partial charge in [-0.1, -0.05) is 18.2 Å². The van der Waals surface area contributed by atoms with E-state index in [-0.39, 0.29) is 11.8 Å². The second-order valence-corrected chi connectivity index (χ2v) is 7.89. The van der Waals surface area contributed by atoms with Crippen molar-refractivity contribution in [1.82, 2.24) is 25.2 Å². The molecule has 1 aromatic carbocycles. The molecule has 172 valence electrons. The molecule has 0 saturated carbocycles. The molecule has 2 amide bonds. The zero-order valence-electron chi connectivity index (χ0n) is 19.0. The number of methoxy groups -OCH3 is 1. The van der Waals surface area contributed by atoms with E-state index in [1.54, 1.807) is 38.1 Å². The van der Waals surface area contributed by atoms with Gasteiger partial charge in [-0.3, -0.25) is 9.59 Å². The van der Waals surface area contributed by atoms with Gasteiger partial charge in [0, 0.05) is 31.8 Å². The molecule has 33 heavy (non-hydrogen) atoms. The molecule has 0 aliphatic carbocycles. The number of aromatic nitrogens is 3. The first kappa shape index (κ1) is 22.8. The lowest BCUT2D eigenvalue weighted by Crippen LogP contribution is -2.43. The third-order valence-electron chi connectivity index (χ3n) is 5.59. The van der Waals surface area contributed by atoms with Crippen LogP contribution in [0.5, 0.6) is 0 Å². The van der Waals surface area contributed by atoms with Crippen LogP contribution in [0.15, 0.2) is 36.5 Å². The summed E-state index contributed by atoms with van der Waals surface area (Å²) < 4.78 is 11.0. The van der Waals surface area contributed by atoms with Crippen LogP contribution in [-0.2, 0) is 9.47 Å². The Morgan fingerprint density at radius 2 is 2.03 bits per heavy atom. The number of amides is 2. The first-order valence-electron chi connectivity index (χ1n) is 10.9.